The summed E-state index contributed by atoms with van der Waals surface area (Å²) in [6.07, 6.45) is 0.813. The molecule has 1 aromatic heterocycles. The highest BCUT2D eigenvalue weighted by molar-refractivity contribution is 9.10. The van der Waals surface area contributed by atoms with Crippen LogP contribution in [0.5, 0.6) is 0 Å². The third-order valence-corrected chi connectivity index (χ3v) is 5.36. The number of aryl methyl sites for hydroxylation is 1. The minimum absolute atomic E-state index is 0.0482. The van der Waals surface area contributed by atoms with Gasteiger partial charge in [-0.25, -0.2) is 4.98 Å². The van der Waals surface area contributed by atoms with Crippen molar-refractivity contribution in [3.05, 3.63) is 63.1 Å². The number of rotatable bonds is 3. The van der Waals surface area contributed by atoms with Gasteiger partial charge in [0.15, 0.2) is 0 Å². The Kier molecular flexibility index (Phi) is 3.87. The molecule has 102 valence electrons. The van der Waals surface area contributed by atoms with Crippen molar-refractivity contribution in [3.8, 4) is 0 Å². The first-order valence-electron chi connectivity index (χ1n) is 6.49. The fourth-order valence-electron chi connectivity index (χ4n) is 2.22. The quantitative estimate of drug-likeness (QED) is 0.751. The summed E-state index contributed by atoms with van der Waals surface area (Å²) >= 11 is 5.21. The molecule has 1 heterocycles. The number of hydrogen-bond donors (Lipinski definition) is 1. The highest BCUT2D eigenvalue weighted by atomic mass is 79.9. The summed E-state index contributed by atoms with van der Waals surface area (Å²) in [6, 6.07) is 14.5. The average molecular weight is 347 g/mol. The molecule has 0 fully saturated rings. The average Bonchev–Trinajstić information content (AvgIpc) is 2.87. The number of aromatic nitrogens is 1. The van der Waals surface area contributed by atoms with Gasteiger partial charge in [0.1, 0.15) is 5.01 Å². The number of fused-ring (bicyclic) bond motifs is 1. The summed E-state index contributed by atoms with van der Waals surface area (Å²) in [5.74, 6) is 0. The number of benzene rings is 2. The highest BCUT2D eigenvalue weighted by Crippen LogP contribution is 2.27. The van der Waals surface area contributed by atoms with Crippen LogP contribution in [0.1, 0.15) is 22.2 Å². The molecule has 0 bridgehead atoms. The molecule has 3 aromatic rings. The minimum atomic E-state index is -0.0482. The van der Waals surface area contributed by atoms with Crippen molar-refractivity contribution in [3.63, 3.8) is 0 Å². The van der Waals surface area contributed by atoms with Gasteiger partial charge in [0.2, 0.25) is 0 Å². The Morgan fingerprint density at radius 2 is 2.05 bits per heavy atom. The van der Waals surface area contributed by atoms with Crippen molar-refractivity contribution >= 4 is 37.5 Å². The van der Waals surface area contributed by atoms with E-state index in [1.165, 1.54) is 15.8 Å². The molecule has 0 radical (unpaired) electrons. The molecule has 4 heteroatoms. The van der Waals surface area contributed by atoms with Crippen LogP contribution in [0.15, 0.2) is 46.9 Å². The fourth-order valence-corrected chi connectivity index (χ4v) is 3.44. The molecule has 0 saturated heterocycles. The molecular weight excluding hydrogens is 332 g/mol. The van der Waals surface area contributed by atoms with Gasteiger partial charge in [-0.15, -0.1) is 11.3 Å². The second-order valence-electron chi connectivity index (χ2n) is 4.91. The van der Waals surface area contributed by atoms with Crippen LogP contribution >= 0.6 is 27.3 Å². The first-order chi connectivity index (χ1) is 9.63. The van der Waals surface area contributed by atoms with E-state index in [1.807, 2.05) is 18.2 Å². The number of nitrogens with zero attached hydrogens (tertiary/aromatic N) is 1. The van der Waals surface area contributed by atoms with Crippen molar-refractivity contribution in [2.24, 2.45) is 5.73 Å². The Bertz CT molecular complexity index is 718. The molecule has 0 aliphatic rings. The maximum absolute atomic E-state index is 6.32. The predicted molar refractivity (Wildman–Crippen MR) is 89.1 cm³/mol. The lowest BCUT2D eigenvalue weighted by atomic mass is 10.0. The zero-order valence-electron chi connectivity index (χ0n) is 11.1. The minimum Gasteiger partial charge on any atom is -0.322 e. The third-order valence-electron chi connectivity index (χ3n) is 3.31. The summed E-state index contributed by atoms with van der Waals surface area (Å²) < 4.78 is 2.33. The maximum atomic E-state index is 6.32. The molecule has 1 unspecified atom stereocenters. The standard InChI is InChI=1S/C16H15BrN2S/c1-10-8-11(6-7-12(10)17)9-13(18)16-19-14-4-2-3-5-15(14)20-16/h2-8,13H,9,18H2,1H3. The van der Waals surface area contributed by atoms with E-state index < -0.39 is 0 Å². The fraction of sp³-hybridized carbons (Fsp3) is 0.188. The smallest absolute Gasteiger partial charge is 0.111 e. The molecule has 0 aliphatic carbocycles. The van der Waals surface area contributed by atoms with Crippen LogP contribution in [0.4, 0.5) is 0 Å². The van der Waals surface area contributed by atoms with Gasteiger partial charge in [0, 0.05) is 4.47 Å². The first-order valence-corrected chi connectivity index (χ1v) is 8.10. The van der Waals surface area contributed by atoms with Gasteiger partial charge in [0.05, 0.1) is 16.3 Å². The molecule has 3 rings (SSSR count). The van der Waals surface area contributed by atoms with Crippen LogP contribution < -0.4 is 5.73 Å². The van der Waals surface area contributed by atoms with Crippen molar-refractivity contribution in [1.82, 2.24) is 4.98 Å². The molecule has 2 nitrogen and oxygen atoms in total. The molecule has 0 spiro atoms. The topological polar surface area (TPSA) is 38.9 Å². The first kappa shape index (κ1) is 13.7. The largest absolute Gasteiger partial charge is 0.322 e. The lowest BCUT2D eigenvalue weighted by molar-refractivity contribution is 0.716. The maximum Gasteiger partial charge on any atom is 0.111 e. The Morgan fingerprint density at radius 1 is 1.25 bits per heavy atom. The number of para-hydroxylation sites is 1. The van der Waals surface area contributed by atoms with E-state index in [0.717, 1.165) is 21.4 Å². The Balaban J connectivity index is 1.84. The molecular formula is C16H15BrN2S. The van der Waals surface area contributed by atoms with Crippen LogP contribution in [0, 0.1) is 6.92 Å². The normalized spacial score (nSPS) is 12.8. The number of nitrogens with two attached hydrogens (primary N) is 1. The van der Waals surface area contributed by atoms with Crippen molar-refractivity contribution in [2.75, 3.05) is 0 Å². The van der Waals surface area contributed by atoms with Crippen molar-refractivity contribution in [2.45, 2.75) is 19.4 Å². The van der Waals surface area contributed by atoms with Crippen LogP contribution in [-0.4, -0.2) is 4.98 Å². The van der Waals surface area contributed by atoms with Gasteiger partial charge in [-0.2, -0.15) is 0 Å². The summed E-state index contributed by atoms with van der Waals surface area (Å²) in [6.45, 7) is 2.09. The highest BCUT2D eigenvalue weighted by Gasteiger charge is 2.13. The second kappa shape index (κ2) is 5.64. The van der Waals surface area contributed by atoms with E-state index in [-0.39, 0.29) is 6.04 Å². The summed E-state index contributed by atoms with van der Waals surface area (Å²) in [5.41, 5.74) is 9.84. The van der Waals surface area contributed by atoms with Gasteiger partial charge in [-0.3, -0.25) is 0 Å². The van der Waals surface area contributed by atoms with Gasteiger partial charge in [-0.05, 0) is 42.7 Å². The van der Waals surface area contributed by atoms with E-state index in [4.69, 9.17) is 5.73 Å². The molecule has 20 heavy (non-hydrogen) atoms. The van der Waals surface area contributed by atoms with Gasteiger partial charge >= 0.3 is 0 Å². The summed E-state index contributed by atoms with van der Waals surface area (Å²) in [7, 11) is 0. The van der Waals surface area contributed by atoms with E-state index >= 15 is 0 Å². The lowest BCUT2D eigenvalue weighted by Crippen LogP contribution is -2.13. The van der Waals surface area contributed by atoms with Crippen molar-refractivity contribution in [1.29, 1.82) is 0 Å². The molecule has 0 amide bonds. The monoisotopic (exact) mass is 346 g/mol. The number of hydrogen-bond acceptors (Lipinski definition) is 3. The Labute approximate surface area is 130 Å². The second-order valence-corrected chi connectivity index (χ2v) is 6.83. The van der Waals surface area contributed by atoms with Crippen LogP contribution in [0.2, 0.25) is 0 Å². The Morgan fingerprint density at radius 3 is 2.80 bits per heavy atom. The van der Waals surface area contributed by atoms with Crippen LogP contribution in [0.3, 0.4) is 0 Å². The van der Waals surface area contributed by atoms with E-state index in [1.54, 1.807) is 11.3 Å². The van der Waals surface area contributed by atoms with E-state index in [0.29, 0.717) is 0 Å². The third kappa shape index (κ3) is 2.77. The van der Waals surface area contributed by atoms with Gasteiger partial charge < -0.3 is 5.73 Å². The molecule has 0 aliphatic heterocycles. The molecule has 2 aromatic carbocycles. The molecule has 2 N–H and O–H groups in total. The molecule has 0 saturated carbocycles. The Hall–Kier alpha value is -1.23. The van der Waals surface area contributed by atoms with Gasteiger partial charge in [0.25, 0.3) is 0 Å². The summed E-state index contributed by atoms with van der Waals surface area (Å²) in [4.78, 5) is 4.63. The lowest BCUT2D eigenvalue weighted by Gasteiger charge is -2.09. The van der Waals surface area contributed by atoms with Crippen molar-refractivity contribution < 1.29 is 0 Å². The predicted octanol–water partition coefficient (Wildman–Crippen LogP) is 4.61. The summed E-state index contributed by atoms with van der Waals surface area (Å²) in [5, 5.41) is 1.01. The van der Waals surface area contributed by atoms with Crippen LogP contribution in [-0.2, 0) is 6.42 Å². The zero-order chi connectivity index (χ0) is 14.1. The number of halogens is 1. The SMILES string of the molecule is Cc1cc(CC(N)c2nc3ccccc3s2)ccc1Br. The zero-order valence-corrected chi connectivity index (χ0v) is 13.5. The van der Waals surface area contributed by atoms with Gasteiger partial charge in [-0.1, -0.05) is 40.2 Å². The van der Waals surface area contributed by atoms with Crippen LogP contribution in [0.25, 0.3) is 10.2 Å². The molecule has 1 atom stereocenters. The van der Waals surface area contributed by atoms with E-state index in [2.05, 4.69) is 52.1 Å². The number of thiazole rings is 1. The van der Waals surface area contributed by atoms with E-state index in [9.17, 15) is 0 Å².